The summed E-state index contributed by atoms with van der Waals surface area (Å²) >= 11 is 0. The lowest BCUT2D eigenvalue weighted by Crippen LogP contribution is -3.14. The number of aryl methyl sites for hydroxylation is 1. The molecule has 3 N–H and O–H groups in total. The molecule has 4 nitrogen and oxygen atoms in total. The van der Waals surface area contributed by atoms with E-state index < -0.39 is 0 Å². The highest BCUT2D eigenvalue weighted by Crippen LogP contribution is 1.95. The van der Waals surface area contributed by atoms with E-state index in [1.807, 2.05) is 0 Å². The van der Waals surface area contributed by atoms with Gasteiger partial charge in [-0.2, -0.15) is 0 Å². The van der Waals surface area contributed by atoms with E-state index in [1.54, 1.807) is 4.90 Å². The van der Waals surface area contributed by atoms with Crippen LogP contribution in [0.15, 0.2) is 18.3 Å². The van der Waals surface area contributed by atoms with Crippen LogP contribution in [0.5, 0.6) is 0 Å². The minimum atomic E-state index is 0. The fourth-order valence-electron chi connectivity index (χ4n) is 2.36. The molecule has 0 aliphatic carbocycles. The number of rotatable bonds is 6. The van der Waals surface area contributed by atoms with Gasteiger partial charge in [-0.25, -0.2) is 0 Å². The van der Waals surface area contributed by atoms with Gasteiger partial charge in [-0.05, 0) is 12.1 Å². The predicted octanol–water partition coefficient (Wildman–Crippen LogP) is -7.60. The Bertz CT molecular complexity index is 327. The van der Waals surface area contributed by atoms with Crippen molar-refractivity contribution in [1.29, 1.82) is 0 Å². The summed E-state index contributed by atoms with van der Waals surface area (Å²) in [5, 5.41) is 2.41. The fraction of sp³-hybridized carbons (Fsp3) is 0.692. The number of nitrogens with one attached hydrogen (secondary N) is 1. The first-order valence-corrected chi connectivity index (χ1v) is 6.69. The number of nitrogens with two attached hydrogens (primary N) is 1. The lowest BCUT2D eigenvalue weighted by atomic mass is 10.3. The Balaban J connectivity index is 0.00000162. The van der Waals surface area contributed by atoms with E-state index >= 15 is 0 Å². The van der Waals surface area contributed by atoms with Crippen LogP contribution in [0.2, 0.25) is 0 Å². The van der Waals surface area contributed by atoms with Gasteiger partial charge in [0, 0.05) is 19.7 Å². The minimum Gasteiger partial charge on any atom is -1.00 e. The summed E-state index contributed by atoms with van der Waals surface area (Å²) in [6, 6.07) is 4.31. The average molecular weight is 310 g/mol. The topological polar surface area (TPSA) is 35.2 Å². The second-order valence-corrected chi connectivity index (χ2v) is 4.86. The molecule has 0 saturated carbocycles. The van der Waals surface area contributed by atoms with Crippen LogP contribution in [-0.4, -0.2) is 44.0 Å². The first-order valence-electron chi connectivity index (χ1n) is 6.69. The average Bonchev–Trinajstić information content (AvgIpc) is 2.76. The molecule has 1 aromatic rings. The van der Waals surface area contributed by atoms with Crippen LogP contribution in [0.4, 0.5) is 0 Å². The Morgan fingerprint density at radius 3 is 2.68 bits per heavy atom. The van der Waals surface area contributed by atoms with E-state index in [0.717, 1.165) is 19.8 Å². The van der Waals surface area contributed by atoms with Crippen molar-refractivity contribution < 1.29 is 39.8 Å². The van der Waals surface area contributed by atoms with Gasteiger partial charge in [0.05, 0.1) is 32.0 Å². The van der Waals surface area contributed by atoms with Crippen LogP contribution in [-0.2, 0) is 18.3 Å². The molecule has 0 spiro atoms. The van der Waals surface area contributed by atoms with Crippen molar-refractivity contribution in [3.05, 3.63) is 24.0 Å². The molecule has 2 rings (SSSR count). The Hall–Kier alpha value is -0.260. The number of halogens is 2. The third-order valence-corrected chi connectivity index (χ3v) is 3.54. The van der Waals surface area contributed by atoms with Crippen molar-refractivity contribution in [3.8, 4) is 0 Å². The summed E-state index contributed by atoms with van der Waals surface area (Å²) in [6.07, 6.45) is 3.42. The quantitative estimate of drug-likeness (QED) is 0.503. The highest BCUT2D eigenvalue weighted by molar-refractivity contribution is 5.04. The summed E-state index contributed by atoms with van der Waals surface area (Å²) in [6.45, 7) is 7.91. The highest BCUT2D eigenvalue weighted by atomic mass is 35.5. The van der Waals surface area contributed by atoms with Gasteiger partial charge in [-0.15, -0.1) is 0 Å². The molecular formula is C13H25Cl2N3O. The molecule has 1 aliphatic rings. The summed E-state index contributed by atoms with van der Waals surface area (Å²) in [7, 11) is 2.11. The van der Waals surface area contributed by atoms with Crippen LogP contribution in [0.3, 0.4) is 0 Å². The van der Waals surface area contributed by atoms with Crippen molar-refractivity contribution in [1.82, 2.24) is 4.57 Å². The number of ether oxygens (including phenoxy) is 1. The first kappa shape index (κ1) is 18.7. The molecule has 2 heterocycles. The van der Waals surface area contributed by atoms with Crippen molar-refractivity contribution in [2.75, 3.05) is 39.4 Å². The highest BCUT2D eigenvalue weighted by Gasteiger charge is 2.12. The monoisotopic (exact) mass is 309 g/mol. The first-order chi connectivity index (χ1) is 8.36. The lowest BCUT2D eigenvalue weighted by Gasteiger charge is -2.23. The third-order valence-electron chi connectivity index (χ3n) is 3.54. The molecule has 1 aromatic heterocycles. The van der Waals surface area contributed by atoms with Crippen molar-refractivity contribution >= 4 is 0 Å². The van der Waals surface area contributed by atoms with Crippen molar-refractivity contribution in [2.24, 2.45) is 7.05 Å². The molecule has 0 amide bonds. The molecule has 0 aromatic carbocycles. The van der Waals surface area contributed by atoms with Gasteiger partial charge in [-0.1, -0.05) is 0 Å². The zero-order valence-corrected chi connectivity index (χ0v) is 13.1. The van der Waals surface area contributed by atoms with E-state index in [1.165, 1.54) is 38.3 Å². The maximum Gasteiger partial charge on any atom is 0.116 e. The predicted molar refractivity (Wildman–Crippen MR) is 66.9 cm³/mol. The molecule has 0 radical (unpaired) electrons. The summed E-state index contributed by atoms with van der Waals surface area (Å²) in [4.78, 5) is 1.71. The summed E-state index contributed by atoms with van der Waals surface area (Å²) < 4.78 is 7.56. The second kappa shape index (κ2) is 10.5. The maximum atomic E-state index is 5.36. The second-order valence-electron chi connectivity index (χ2n) is 4.86. The molecular weight excluding hydrogens is 285 g/mol. The number of morpholine rings is 1. The maximum absolute atomic E-state index is 5.36. The van der Waals surface area contributed by atoms with Crippen LogP contribution >= 0.6 is 0 Å². The summed E-state index contributed by atoms with van der Waals surface area (Å²) in [5.41, 5.74) is 1.41. The fourth-order valence-corrected chi connectivity index (χ4v) is 2.36. The van der Waals surface area contributed by atoms with E-state index in [4.69, 9.17) is 4.74 Å². The summed E-state index contributed by atoms with van der Waals surface area (Å²) in [5.74, 6) is 0. The molecule has 19 heavy (non-hydrogen) atoms. The van der Waals surface area contributed by atoms with Gasteiger partial charge in [0.2, 0.25) is 0 Å². The van der Waals surface area contributed by atoms with E-state index in [9.17, 15) is 0 Å². The van der Waals surface area contributed by atoms with Crippen molar-refractivity contribution in [3.63, 3.8) is 0 Å². The molecule has 1 aliphatic heterocycles. The largest absolute Gasteiger partial charge is 1.00 e. The Labute approximate surface area is 128 Å². The van der Waals surface area contributed by atoms with Gasteiger partial charge in [0.1, 0.15) is 19.6 Å². The standard InChI is InChI=1S/C13H23N3O.2ClH/c1-15-6-2-4-13(15)12-14-5-3-7-16-8-10-17-11-9-16;;/h2,4,6,14H,3,5,7-12H2,1H3;2*1H. The lowest BCUT2D eigenvalue weighted by molar-refractivity contribution is -0.909. The van der Waals surface area contributed by atoms with Crippen LogP contribution in [0, 0.1) is 0 Å². The zero-order valence-electron chi connectivity index (χ0n) is 11.6. The van der Waals surface area contributed by atoms with E-state index in [-0.39, 0.29) is 24.8 Å². The van der Waals surface area contributed by atoms with Gasteiger partial charge in [-0.3, -0.25) is 0 Å². The SMILES string of the molecule is Cn1cccc1C[NH2+]CCC[NH+]1CCOCC1.[Cl-].[Cl-]. The third kappa shape index (κ3) is 6.63. The minimum absolute atomic E-state index is 0. The number of nitrogens with zero attached hydrogens (tertiary/aromatic N) is 1. The molecule has 1 saturated heterocycles. The Kier molecular flexibility index (Phi) is 10.4. The Morgan fingerprint density at radius 1 is 1.32 bits per heavy atom. The van der Waals surface area contributed by atoms with Gasteiger partial charge >= 0.3 is 0 Å². The van der Waals surface area contributed by atoms with Crippen LogP contribution in [0.1, 0.15) is 12.1 Å². The smallest absolute Gasteiger partial charge is 0.116 e. The molecule has 6 heteroatoms. The zero-order chi connectivity index (χ0) is 11.9. The number of hydrogen-bond acceptors (Lipinski definition) is 1. The number of quaternary nitrogens is 2. The van der Waals surface area contributed by atoms with E-state index in [2.05, 4.69) is 35.3 Å². The number of hydrogen-bond donors (Lipinski definition) is 2. The molecule has 0 atom stereocenters. The van der Waals surface area contributed by atoms with Crippen LogP contribution < -0.4 is 35.0 Å². The van der Waals surface area contributed by atoms with Crippen LogP contribution in [0.25, 0.3) is 0 Å². The van der Waals surface area contributed by atoms with Gasteiger partial charge in [0.25, 0.3) is 0 Å². The molecule has 1 fully saturated rings. The Morgan fingerprint density at radius 2 is 2.05 bits per heavy atom. The molecule has 0 unspecified atom stereocenters. The van der Waals surface area contributed by atoms with E-state index in [0.29, 0.717) is 0 Å². The van der Waals surface area contributed by atoms with Gasteiger partial charge in [0.15, 0.2) is 0 Å². The normalized spacial score (nSPS) is 15.6. The van der Waals surface area contributed by atoms with Crippen molar-refractivity contribution in [2.45, 2.75) is 13.0 Å². The molecule has 112 valence electrons. The number of aromatic nitrogens is 1. The van der Waals surface area contributed by atoms with Gasteiger partial charge < -0.3 is 44.3 Å². The molecule has 0 bridgehead atoms.